The predicted octanol–water partition coefficient (Wildman–Crippen LogP) is 2.69. The second kappa shape index (κ2) is 7.06. The van der Waals surface area contributed by atoms with E-state index in [2.05, 4.69) is 4.99 Å². The zero-order chi connectivity index (χ0) is 13.4. The van der Waals surface area contributed by atoms with Crippen LogP contribution < -0.4 is 0 Å². The number of allylic oxidation sites excluding steroid dienone is 1. The molecule has 0 amide bonds. The fraction of sp³-hybridized carbons (Fsp3) is 0.143. The van der Waals surface area contributed by atoms with Gasteiger partial charge in [0.1, 0.15) is 11.3 Å². The van der Waals surface area contributed by atoms with Crippen LogP contribution in [0.15, 0.2) is 52.7 Å². The number of aliphatic carboxylic acids is 1. The molecule has 0 radical (unpaired) electrons. The lowest BCUT2D eigenvalue weighted by molar-refractivity contribution is -0.132. The van der Waals surface area contributed by atoms with E-state index in [4.69, 9.17) is 5.11 Å². The van der Waals surface area contributed by atoms with Gasteiger partial charge in [-0.05, 0) is 18.6 Å². The maximum atomic E-state index is 10.9. The van der Waals surface area contributed by atoms with Crippen molar-refractivity contribution in [3.8, 4) is 0 Å². The monoisotopic (exact) mass is 245 g/mol. The van der Waals surface area contributed by atoms with E-state index in [1.807, 2.05) is 30.3 Å². The van der Waals surface area contributed by atoms with Crippen molar-refractivity contribution >= 4 is 18.3 Å². The third-order valence-electron chi connectivity index (χ3n) is 2.14. The molecular formula is C14H15NO3. The van der Waals surface area contributed by atoms with E-state index in [1.165, 1.54) is 6.08 Å². The van der Waals surface area contributed by atoms with Gasteiger partial charge in [-0.15, -0.1) is 0 Å². The molecule has 0 bridgehead atoms. The molecule has 0 fully saturated rings. The molecule has 1 aromatic carbocycles. The molecule has 18 heavy (non-hydrogen) atoms. The molecule has 1 aromatic rings. The minimum atomic E-state index is -1.21. The molecule has 94 valence electrons. The SMILES string of the molecule is CCN=C/C(C(=O)O)=C(O)\C=C\c1ccccc1. The van der Waals surface area contributed by atoms with Crippen molar-refractivity contribution in [2.75, 3.05) is 6.54 Å². The second-order valence-electron chi connectivity index (χ2n) is 3.48. The van der Waals surface area contributed by atoms with E-state index in [0.717, 1.165) is 11.8 Å². The molecule has 0 aliphatic carbocycles. The Morgan fingerprint density at radius 1 is 1.28 bits per heavy atom. The zero-order valence-corrected chi connectivity index (χ0v) is 10.1. The zero-order valence-electron chi connectivity index (χ0n) is 10.1. The number of nitrogens with zero attached hydrogens (tertiary/aromatic N) is 1. The summed E-state index contributed by atoms with van der Waals surface area (Å²) in [5, 5.41) is 18.6. The smallest absolute Gasteiger partial charge is 0.341 e. The first-order valence-electron chi connectivity index (χ1n) is 5.54. The molecule has 0 heterocycles. The van der Waals surface area contributed by atoms with Gasteiger partial charge in [0.05, 0.1) is 0 Å². The number of carboxylic acids is 1. The minimum Gasteiger partial charge on any atom is -0.507 e. The molecule has 4 nitrogen and oxygen atoms in total. The van der Waals surface area contributed by atoms with Gasteiger partial charge in [-0.25, -0.2) is 4.79 Å². The Labute approximate surface area is 106 Å². The lowest BCUT2D eigenvalue weighted by Crippen LogP contribution is -2.05. The molecule has 1 rings (SSSR count). The van der Waals surface area contributed by atoms with Crippen molar-refractivity contribution in [2.45, 2.75) is 6.92 Å². The van der Waals surface area contributed by atoms with Crippen LogP contribution in [-0.2, 0) is 4.79 Å². The molecule has 0 saturated carbocycles. The molecule has 2 N–H and O–H groups in total. The lowest BCUT2D eigenvalue weighted by Gasteiger charge is -1.97. The van der Waals surface area contributed by atoms with Crippen LogP contribution in [0, 0.1) is 0 Å². The summed E-state index contributed by atoms with van der Waals surface area (Å²) in [4.78, 5) is 14.7. The Kier molecular flexibility index (Phi) is 5.38. The van der Waals surface area contributed by atoms with Crippen LogP contribution in [-0.4, -0.2) is 28.9 Å². The summed E-state index contributed by atoms with van der Waals surface area (Å²) in [5.74, 6) is -1.52. The van der Waals surface area contributed by atoms with Gasteiger partial charge in [-0.1, -0.05) is 36.4 Å². The van der Waals surface area contributed by atoms with E-state index < -0.39 is 5.97 Å². The van der Waals surface area contributed by atoms with Crippen LogP contribution in [0.3, 0.4) is 0 Å². The highest BCUT2D eigenvalue weighted by molar-refractivity contribution is 6.09. The standard InChI is InChI=1S/C14H15NO3/c1-2-15-10-12(14(17)18)13(16)9-8-11-6-4-3-5-7-11/h3-10,16H,2H2,1H3,(H,17,18)/b9-8+,13-12-,15-10?. The van der Waals surface area contributed by atoms with E-state index >= 15 is 0 Å². The summed E-state index contributed by atoms with van der Waals surface area (Å²) in [6, 6.07) is 9.30. The quantitative estimate of drug-likeness (QED) is 0.362. The lowest BCUT2D eigenvalue weighted by atomic mass is 10.2. The summed E-state index contributed by atoms with van der Waals surface area (Å²) in [7, 11) is 0. The number of aliphatic imine (C=N–C) groups is 1. The van der Waals surface area contributed by atoms with E-state index in [0.29, 0.717) is 6.54 Å². The van der Waals surface area contributed by atoms with Crippen molar-refractivity contribution < 1.29 is 15.0 Å². The summed E-state index contributed by atoms with van der Waals surface area (Å²) in [6.07, 6.45) is 4.14. The number of aliphatic hydroxyl groups is 1. The molecular weight excluding hydrogens is 230 g/mol. The molecule has 0 aliphatic rings. The van der Waals surface area contributed by atoms with Gasteiger partial charge in [0, 0.05) is 12.8 Å². The minimum absolute atomic E-state index is 0.218. The van der Waals surface area contributed by atoms with Crippen molar-refractivity contribution in [1.82, 2.24) is 0 Å². The molecule has 0 atom stereocenters. The van der Waals surface area contributed by atoms with Crippen LogP contribution in [0.4, 0.5) is 0 Å². The van der Waals surface area contributed by atoms with Gasteiger partial charge in [0.25, 0.3) is 0 Å². The number of aliphatic hydroxyl groups excluding tert-OH is 1. The van der Waals surface area contributed by atoms with Gasteiger partial charge in [-0.3, -0.25) is 4.99 Å². The topological polar surface area (TPSA) is 69.9 Å². The number of benzene rings is 1. The molecule has 0 aliphatic heterocycles. The maximum absolute atomic E-state index is 10.9. The fourth-order valence-electron chi connectivity index (χ4n) is 1.24. The molecule has 0 aromatic heterocycles. The molecule has 4 heteroatoms. The van der Waals surface area contributed by atoms with Crippen molar-refractivity contribution in [2.24, 2.45) is 4.99 Å². The molecule has 0 spiro atoms. The third-order valence-corrected chi connectivity index (χ3v) is 2.14. The summed E-state index contributed by atoms with van der Waals surface area (Å²) < 4.78 is 0. The van der Waals surface area contributed by atoms with Gasteiger partial charge >= 0.3 is 5.97 Å². The van der Waals surface area contributed by atoms with Crippen LogP contribution >= 0.6 is 0 Å². The highest BCUT2D eigenvalue weighted by Crippen LogP contribution is 2.06. The Morgan fingerprint density at radius 2 is 1.94 bits per heavy atom. The average molecular weight is 245 g/mol. The van der Waals surface area contributed by atoms with Crippen molar-refractivity contribution in [3.63, 3.8) is 0 Å². The number of rotatable bonds is 5. The normalized spacial score (nSPS) is 12.9. The fourth-order valence-corrected chi connectivity index (χ4v) is 1.24. The van der Waals surface area contributed by atoms with Crippen molar-refractivity contribution in [1.29, 1.82) is 0 Å². The first-order valence-corrected chi connectivity index (χ1v) is 5.54. The summed E-state index contributed by atoms with van der Waals surface area (Å²) in [6.45, 7) is 2.25. The number of hydrogen-bond donors (Lipinski definition) is 2. The first kappa shape index (κ1) is 13.7. The largest absolute Gasteiger partial charge is 0.507 e. The summed E-state index contributed by atoms with van der Waals surface area (Å²) in [5.41, 5.74) is 0.658. The summed E-state index contributed by atoms with van der Waals surface area (Å²) >= 11 is 0. The number of hydrogen-bond acceptors (Lipinski definition) is 3. The highest BCUT2D eigenvalue weighted by Gasteiger charge is 2.09. The van der Waals surface area contributed by atoms with Crippen LogP contribution in [0.5, 0.6) is 0 Å². The number of carbonyl (C=O) groups is 1. The van der Waals surface area contributed by atoms with Gasteiger partial charge in [0.2, 0.25) is 0 Å². The Hall–Kier alpha value is -2.36. The van der Waals surface area contributed by atoms with E-state index in [-0.39, 0.29) is 11.3 Å². The third kappa shape index (κ3) is 4.25. The van der Waals surface area contributed by atoms with Gasteiger partial charge in [0.15, 0.2) is 0 Å². The van der Waals surface area contributed by atoms with Crippen LogP contribution in [0.25, 0.3) is 6.08 Å². The number of carboxylic acid groups (broad SMARTS) is 1. The van der Waals surface area contributed by atoms with E-state index in [1.54, 1.807) is 13.0 Å². The van der Waals surface area contributed by atoms with Crippen LogP contribution in [0.1, 0.15) is 12.5 Å². The first-order chi connectivity index (χ1) is 8.65. The highest BCUT2D eigenvalue weighted by atomic mass is 16.4. The van der Waals surface area contributed by atoms with Crippen LogP contribution in [0.2, 0.25) is 0 Å². The van der Waals surface area contributed by atoms with Crippen molar-refractivity contribution in [3.05, 3.63) is 53.3 Å². The Bertz CT molecular complexity index is 487. The predicted molar refractivity (Wildman–Crippen MR) is 71.8 cm³/mol. The second-order valence-corrected chi connectivity index (χ2v) is 3.48. The maximum Gasteiger partial charge on any atom is 0.341 e. The Balaban J connectivity index is 2.95. The Morgan fingerprint density at radius 3 is 2.50 bits per heavy atom. The molecule has 0 unspecified atom stereocenters. The van der Waals surface area contributed by atoms with Gasteiger partial charge < -0.3 is 10.2 Å². The van der Waals surface area contributed by atoms with Gasteiger partial charge in [-0.2, -0.15) is 0 Å². The van der Waals surface area contributed by atoms with E-state index in [9.17, 15) is 9.90 Å². The molecule has 0 saturated heterocycles. The average Bonchev–Trinajstić information content (AvgIpc) is 2.37.